The van der Waals surface area contributed by atoms with E-state index in [0.717, 1.165) is 11.8 Å². The van der Waals surface area contributed by atoms with Crippen LogP contribution in [0.5, 0.6) is 5.75 Å². The monoisotopic (exact) mass is 1140 g/mol. The molecule has 1 saturated heterocycles. The first-order chi connectivity index (χ1) is 38.2. The van der Waals surface area contributed by atoms with Gasteiger partial charge < -0.3 is 96.9 Å². The topological polar surface area (TPSA) is 542 Å². The lowest BCUT2D eigenvalue weighted by atomic mass is 10.0. The smallest absolute Gasteiger partial charge is 0.328 e. The number of carboxylic acid groups (broad SMARTS) is 1. The van der Waals surface area contributed by atoms with Gasteiger partial charge in [-0.25, -0.2) is 4.79 Å². The Morgan fingerprint density at radius 1 is 0.617 bits per heavy atom. The van der Waals surface area contributed by atoms with Gasteiger partial charge in [0.2, 0.25) is 65.0 Å². The molecule has 3 rings (SSSR count). The summed E-state index contributed by atoms with van der Waals surface area (Å²) in [5, 5.41) is 56.6. The lowest BCUT2D eigenvalue weighted by Gasteiger charge is -2.31. The molecule has 1 fully saturated rings. The molecule has 2 aromatic rings. The molecule has 23 N–H and O–H groups in total. The summed E-state index contributed by atoms with van der Waals surface area (Å²) < 4.78 is 0. The van der Waals surface area contributed by atoms with Crippen LogP contribution in [-0.2, 0) is 70.4 Å². The molecule has 0 spiro atoms. The third kappa shape index (κ3) is 22.7. The molecule has 0 bridgehead atoms. The minimum atomic E-state index is -1.92. The number of benzene rings is 2. The van der Waals surface area contributed by atoms with Crippen LogP contribution in [0.1, 0.15) is 75.8 Å². The molecule has 1 aliphatic rings. The van der Waals surface area contributed by atoms with Crippen LogP contribution in [0, 0.1) is 0 Å². The number of phenolic OH excluding ortho intramolecular Hbond substituents is 1. The number of hydrogen-bond acceptors (Lipinski definition) is 17. The summed E-state index contributed by atoms with van der Waals surface area (Å²) in [4.78, 5) is 163. The molecule has 11 amide bonds. The highest BCUT2D eigenvalue weighted by Gasteiger charge is 2.41. The first-order valence-electron chi connectivity index (χ1n) is 25.6. The molecular formula is C50H73N15O16. The first-order valence-corrected chi connectivity index (χ1v) is 25.6. The van der Waals surface area contributed by atoms with Gasteiger partial charge >= 0.3 is 5.97 Å². The fourth-order valence-corrected chi connectivity index (χ4v) is 8.27. The lowest BCUT2D eigenvalue weighted by molar-refractivity contribution is -0.145. The van der Waals surface area contributed by atoms with Gasteiger partial charge in [0.15, 0.2) is 12.0 Å². The van der Waals surface area contributed by atoms with Crippen molar-refractivity contribution < 1.29 is 78.0 Å². The van der Waals surface area contributed by atoms with Crippen LogP contribution >= 0.6 is 0 Å². The van der Waals surface area contributed by atoms with E-state index in [9.17, 15) is 78.0 Å². The normalized spacial score (nSPS) is 16.1. The van der Waals surface area contributed by atoms with Gasteiger partial charge in [-0.3, -0.25) is 57.7 Å². The van der Waals surface area contributed by atoms with Crippen LogP contribution < -0.4 is 71.6 Å². The fourth-order valence-electron chi connectivity index (χ4n) is 8.27. The van der Waals surface area contributed by atoms with Crippen molar-refractivity contribution in [2.45, 2.75) is 138 Å². The van der Waals surface area contributed by atoms with Crippen molar-refractivity contribution in [3.63, 3.8) is 0 Å². The van der Waals surface area contributed by atoms with E-state index in [1.54, 1.807) is 30.3 Å². The minimum Gasteiger partial charge on any atom is -0.508 e. The minimum absolute atomic E-state index is 0.00380. The maximum absolute atomic E-state index is 14.6. The molecule has 10 atom stereocenters. The Balaban J connectivity index is 1.92. The SMILES string of the molecule is C[C@@H](O)[C@H](NC(=O)[C@H](CCCN=C(N)N)NC(=O)[C@@H]1CCCN1C(=O)[C@H](Cc1ccc(O)cc1)NC(=O)[C@H](CO)NC(=O)[C@H](CC(N)=O)NC(=O)[C@H](Cc1ccccc1)NC(=O)[C@H](CCC(N)=O)NC(=O)[C@@H](N)CCC(N)=O)C(=O)O. The number of aliphatic hydroxyl groups is 2. The molecule has 31 heteroatoms. The number of aromatic hydroxyl groups is 1. The molecule has 0 unspecified atom stereocenters. The molecule has 1 aliphatic heterocycles. The number of aliphatic hydroxyl groups excluding tert-OH is 2. The summed E-state index contributed by atoms with van der Waals surface area (Å²) in [6.45, 7) is -0.0696. The van der Waals surface area contributed by atoms with Crippen molar-refractivity contribution in [2.75, 3.05) is 19.7 Å². The summed E-state index contributed by atoms with van der Waals surface area (Å²) in [5.41, 5.74) is 33.5. The van der Waals surface area contributed by atoms with Crippen molar-refractivity contribution in [1.82, 2.24) is 42.1 Å². The molecule has 31 nitrogen and oxygen atoms in total. The molecule has 2 aromatic carbocycles. The van der Waals surface area contributed by atoms with Crippen LogP contribution in [0.4, 0.5) is 0 Å². The van der Waals surface area contributed by atoms with E-state index >= 15 is 0 Å². The second-order valence-electron chi connectivity index (χ2n) is 19.1. The quantitative estimate of drug-likeness (QED) is 0.0176. The molecular weight excluding hydrogens is 1070 g/mol. The Morgan fingerprint density at radius 3 is 1.70 bits per heavy atom. The van der Waals surface area contributed by atoms with Gasteiger partial charge in [-0.2, -0.15) is 0 Å². The Morgan fingerprint density at radius 2 is 1.12 bits per heavy atom. The number of nitrogens with one attached hydrogen (secondary N) is 7. The van der Waals surface area contributed by atoms with Gasteiger partial charge in [-0.05, 0) is 68.7 Å². The van der Waals surface area contributed by atoms with E-state index in [-0.39, 0.29) is 82.6 Å². The Bertz CT molecular complexity index is 2590. The van der Waals surface area contributed by atoms with Crippen molar-refractivity contribution in [2.24, 2.45) is 39.4 Å². The Hall–Kier alpha value is -8.97. The Kier molecular flexibility index (Phi) is 26.9. The van der Waals surface area contributed by atoms with Crippen LogP contribution in [-0.4, -0.2) is 182 Å². The summed E-state index contributed by atoms with van der Waals surface area (Å²) in [6, 6.07) is -0.828. The molecule has 81 heavy (non-hydrogen) atoms. The molecule has 1 heterocycles. The van der Waals surface area contributed by atoms with E-state index in [2.05, 4.69) is 42.2 Å². The number of rotatable bonds is 34. The van der Waals surface area contributed by atoms with Crippen LogP contribution in [0.25, 0.3) is 0 Å². The number of carbonyl (C=O) groups excluding carboxylic acids is 11. The van der Waals surface area contributed by atoms with Crippen LogP contribution in [0.2, 0.25) is 0 Å². The van der Waals surface area contributed by atoms with Crippen molar-refractivity contribution >= 4 is 76.9 Å². The number of carboxylic acids is 1. The number of aliphatic imine (C=N–C) groups is 1. The number of nitrogens with two attached hydrogens (primary N) is 6. The highest BCUT2D eigenvalue weighted by Crippen LogP contribution is 2.21. The van der Waals surface area contributed by atoms with E-state index in [0.29, 0.717) is 11.1 Å². The summed E-state index contributed by atoms with van der Waals surface area (Å²) >= 11 is 0. The molecule has 0 aliphatic carbocycles. The molecule has 0 aromatic heterocycles. The molecule has 444 valence electrons. The maximum atomic E-state index is 14.6. The van der Waals surface area contributed by atoms with Gasteiger partial charge in [0, 0.05) is 38.8 Å². The maximum Gasteiger partial charge on any atom is 0.328 e. The predicted molar refractivity (Wildman–Crippen MR) is 285 cm³/mol. The number of amides is 11. The lowest BCUT2D eigenvalue weighted by Crippen LogP contribution is -2.61. The van der Waals surface area contributed by atoms with Gasteiger partial charge in [0.1, 0.15) is 48.0 Å². The number of primary amides is 3. The summed E-state index contributed by atoms with van der Waals surface area (Å²) in [5.74, 6) is -12.9. The highest BCUT2D eigenvalue weighted by molar-refractivity contribution is 5.99. The van der Waals surface area contributed by atoms with Gasteiger partial charge in [0.25, 0.3) is 0 Å². The van der Waals surface area contributed by atoms with E-state index in [4.69, 9.17) is 34.4 Å². The zero-order valence-electron chi connectivity index (χ0n) is 44.4. The highest BCUT2D eigenvalue weighted by atomic mass is 16.4. The zero-order valence-corrected chi connectivity index (χ0v) is 44.4. The Labute approximate surface area is 464 Å². The number of phenols is 1. The van der Waals surface area contributed by atoms with Crippen molar-refractivity contribution in [3.8, 4) is 5.75 Å². The molecule has 0 radical (unpaired) electrons. The molecule has 0 saturated carbocycles. The average Bonchev–Trinajstić information content (AvgIpc) is 3.90. The predicted octanol–water partition coefficient (Wildman–Crippen LogP) is -7.19. The fraction of sp³-hybridized carbons (Fsp3) is 0.500. The van der Waals surface area contributed by atoms with E-state index in [1.807, 2.05) is 0 Å². The number of aliphatic carboxylic acids is 1. The number of nitrogens with zero attached hydrogens (tertiary/aromatic N) is 2. The third-order valence-corrected chi connectivity index (χ3v) is 12.6. The third-order valence-electron chi connectivity index (χ3n) is 12.6. The van der Waals surface area contributed by atoms with Crippen molar-refractivity contribution in [1.29, 1.82) is 0 Å². The summed E-state index contributed by atoms with van der Waals surface area (Å²) in [6.07, 6.45) is -4.07. The van der Waals surface area contributed by atoms with Gasteiger partial charge in [-0.1, -0.05) is 42.5 Å². The second-order valence-corrected chi connectivity index (χ2v) is 19.1. The largest absolute Gasteiger partial charge is 0.508 e. The van der Waals surface area contributed by atoms with Crippen LogP contribution in [0.15, 0.2) is 59.6 Å². The van der Waals surface area contributed by atoms with Crippen LogP contribution in [0.3, 0.4) is 0 Å². The van der Waals surface area contributed by atoms with Gasteiger partial charge in [0.05, 0.1) is 25.2 Å². The van der Waals surface area contributed by atoms with E-state index < -0.39 is 151 Å². The van der Waals surface area contributed by atoms with Gasteiger partial charge in [-0.15, -0.1) is 0 Å². The first kappa shape index (κ1) is 66.3. The second kappa shape index (κ2) is 32.8. The standard InChI is InChI=1S/C50H73N15O16/c1-25(67)40(49(80)81)64-43(74)30(9-5-19-57-50(55)56)59-47(78)36-10-6-20-65(36)48(79)34(22-27-11-13-28(68)14-12-27)62-46(77)35(24-66)63-45(76)33(23-39(54)71)61-44(75)32(21-26-7-3-2-4-8-26)60-42(73)31(16-18-38(53)70)58-41(72)29(51)15-17-37(52)69/h2-4,7-8,11-14,25,29-36,40,66-68H,5-6,9-10,15-24,51H2,1H3,(H2,52,69)(H2,53,70)(H2,54,71)(H,58,72)(H,59,78)(H,60,73)(H,61,75)(H,62,77)(H,63,76)(H,64,74)(H,80,81)(H4,55,56,57)/t25-,29+,30+,31+,32+,33+,34+,35+,36+,40+/m1/s1. The average molecular weight is 1140 g/mol. The number of guanidine groups is 1. The summed E-state index contributed by atoms with van der Waals surface area (Å²) in [7, 11) is 0. The number of hydrogen-bond donors (Lipinski definition) is 17. The van der Waals surface area contributed by atoms with Crippen molar-refractivity contribution in [3.05, 3.63) is 65.7 Å². The van der Waals surface area contributed by atoms with E-state index in [1.165, 1.54) is 24.3 Å². The number of likely N-dealkylation sites (tertiary alicyclic amines) is 1. The number of carbonyl (C=O) groups is 12. The zero-order chi connectivity index (χ0) is 60.5.